The van der Waals surface area contributed by atoms with Crippen molar-refractivity contribution in [1.29, 1.82) is 0 Å². The molecule has 0 amide bonds. The summed E-state index contributed by atoms with van der Waals surface area (Å²) in [5, 5.41) is 5.35. The summed E-state index contributed by atoms with van der Waals surface area (Å²) in [6.45, 7) is 15.5. The van der Waals surface area contributed by atoms with Crippen LogP contribution < -0.4 is 5.32 Å². The highest BCUT2D eigenvalue weighted by Gasteiger charge is 2.02. The van der Waals surface area contributed by atoms with E-state index in [0.717, 1.165) is 30.0 Å². The average Bonchev–Trinajstić information content (AvgIpc) is 2.31. The van der Waals surface area contributed by atoms with Crippen molar-refractivity contribution in [3.05, 3.63) is 36.0 Å². The third-order valence-corrected chi connectivity index (χ3v) is 3.17. The lowest BCUT2D eigenvalue weighted by Gasteiger charge is -2.17. The van der Waals surface area contributed by atoms with Gasteiger partial charge in [-0.25, -0.2) is 0 Å². The molecule has 0 aliphatic rings. The first-order valence-corrected chi connectivity index (χ1v) is 6.58. The molecular formula is C13H22N2S. The Labute approximate surface area is 104 Å². The van der Waals surface area contributed by atoms with Crippen LogP contribution in [0.5, 0.6) is 0 Å². The van der Waals surface area contributed by atoms with Crippen molar-refractivity contribution in [2.45, 2.75) is 32.7 Å². The van der Waals surface area contributed by atoms with Crippen LogP contribution in [-0.4, -0.2) is 18.5 Å². The molecular weight excluding hydrogens is 216 g/mol. The van der Waals surface area contributed by atoms with Gasteiger partial charge in [-0.3, -0.25) is 4.99 Å². The number of hydrogen-bond acceptors (Lipinski definition) is 3. The van der Waals surface area contributed by atoms with Gasteiger partial charge in [0.1, 0.15) is 0 Å². The zero-order valence-electron chi connectivity index (χ0n) is 10.3. The normalized spacial score (nSPS) is 11.3. The number of hydrogen-bond donors (Lipinski definition) is 1. The van der Waals surface area contributed by atoms with Crippen LogP contribution in [0, 0.1) is 0 Å². The molecule has 1 N–H and O–H groups in total. The van der Waals surface area contributed by atoms with E-state index in [1.807, 2.05) is 5.41 Å². The van der Waals surface area contributed by atoms with E-state index in [1.165, 1.54) is 0 Å². The van der Waals surface area contributed by atoms with E-state index in [-0.39, 0.29) is 0 Å². The average molecular weight is 238 g/mol. The molecule has 0 bridgehead atoms. The molecule has 0 radical (unpaired) electrons. The SMILES string of the molecule is C=C/C(=C/SCC(=C)NC(CC)CC)N=C. The van der Waals surface area contributed by atoms with Gasteiger partial charge >= 0.3 is 0 Å². The third kappa shape index (κ3) is 6.51. The zero-order valence-corrected chi connectivity index (χ0v) is 11.1. The largest absolute Gasteiger partial charge is 0.385 e. The molecule has 0 aliphatic heterocycles. The first-order valence-electron chi connectivity index (χ1n) is 5.53. The maximum atomic E-state index is 4.01. The fraction of sp³-hybridized carbons (Fsp3) is 0.462. The molecule has 0 spiro atoms. The van der Waals surface area contributed by atoms with Gasteiger partial charge in [-0.1, -0.05) is 27.0 Å². The summed E-state index contributed by atoms with van der Waals surface area (Å²) >= 11 is 1.65. The van der Waals surface area contributed by atoms with E-state index in [0.29, 0.717) is 6.04 Å². The summed E-state index contributed by atoms with van der Waals surface area (Å²) < 4.78 is 0. The summed E-state index contributed by atoms with van der Waals surface area (Å²) in [7, 11) is 0. The van der Waals surface area contributed by atoms with Gasteiger partial charge in [0.2, 0.25) is 0 Å². The van der Waals surface area contributed by atoms with Gasteiger partial charge in [-0.05, 0) is 31.0 Å². The molecule has 2 nitrogen and oxygen atoms in total. The molecule has 0 saturated heterocycles. The van der Waals surface area contributed by atoms with Crippen LogP contribution in [-0.2, 0) is 0 Å². The summed E-state index contributed by atoms with van der Waals surface area (Å²) in [5.41, 5.74) is 1.86. The van der Waals surface area contributed by atoms with Crippen LogP contribution in [0.3, 0.4) is 0 Å². The maximum absolute atomic E-state index is 4.01. The van der Waals surface area contributed by atoms with E-state index in [1.54, 1.807) is 17.8 Å². The molecule has 0 heterocycles. The van der Waals surface area contributed by atoms with E-state index < -0.39 is 0 Å². The second-order valence-electron chi connectivity index (χ2n) is 3.48. The molecule has 90 valence electrons. The molecule has 0 rings (SSSR count). The van der Waals surface area contributed by atoms with Crippen molar-refractivity contribution in [3.8, 4) is 0 Å². The molecule has 0 fully saturated rings. The number of nitrogens with zero attached hydrogens (tertiary/aromatic N) is 1. The summed E-state index contributed by atoms with van der Waals surface area (Å²) in [4.78, 5) is 3.82. The Hall–Kier alpha value is -0.960. The van der Waals surface area contributed by atoms with E-state index >= 15 is 0 Å². The lowest BCUT2D eigenvalue weighted by atomic mass is 10.2. The van der Waals surface area contributed by atoms with Crippen LogP contribution in [0.2, 0.25) is 0 Å². The smallest absolute Gasteiger partial charge is 0.0679 e. The van der Waals surface area contributed by atoms with Crippen molar-refractivity contribution in [3.63, 3.8) is 0 Å². The highest BCUT2D eigenvalue weighted by Crippen LogP contribution is 2.12. The highest BCUT2D eigenvalue weighted by atomic mass is 32.2. The van der Waals surface area contributed by atoms with E-state index in [9.17, 15) is 0 Å². The van der Waals surface area contributed by atoms with Crippen molar-refractivity contribution < 1.29 is 0 Å². The molecule has 0 unspecified atom stereocenters. The Bertz CT molecular complexity index is 255. The Kier molecular flexibility index (Phi) is 8.72. The lowest BCUT2D eigenvalue weighted by Crippen LogP contribution is -2.27. The van der Waals surface area contributed by atoms with Gasteiger partial charge in [-0.15, -0.1) is 11.8 Å². The molecule has 0 atom stereocenters. The monoisotopic (exact) mass is 238 g/mol. The third-order valence-electron chi connectivity index (χ3n) is 2.25. The second kappa shape index (κ2) is 9.28. The first kappa shape index (κ1) is 15.0. The lowest BCUT2D eigenvalue weighted by molar-refractivity contribution is 0.536. The first-order chi connectivity index (χ1) is 7.67. The quantitative estimate of drug-likeness (QED) is 0.489. The van der Waals surface area contributed by atoms with Crippen molar-refractivity contribution in [2.24, 2.45) is 4.99 Å². The van der Waals surface area contributed by atoms with Gasteiger partial charge in [0.05, 0.1) is 5.70 Å². The van der Waals surface area contributed by atoms with Gasteiger partial charge in [0.25, 0.3) is 0 Å². The highest BCUT2D eigenvalue weighted by molar-refractivity contribution is 8.02. The van der Waals surface area contributed by atoms with Gasteiger partial charge < -0.3 is 5.32 Å². The summed E-state index contributed by atoms with van der Waals surface area (Å²) in [5.74, 6) is 0.851. The standard InChI is InChI=1S/C13H22N2S/c1-6-12(7-2)15-11(4)9-16-10-13(8-3)14-5/h8,10,12,15H,3-7,9H2,1-2H3/b13-10-. The molecule has 0 aromatic rings. The molecule has 0 saturated carbocycles. The second-order valence-corrected chi connectivity index (χ2v) is 4.33. The van der Waals surface area contributed by atoms with Crippen LogP contribution in [0.4, 0.5) is 0 Å². The van der Waals surface area contributed by atoms with Gasteiger partial charge in [-0.2, -0.15) is 0 Å². The minimum atomic E-state index is 0.536. The topological polar surface area (TPSA) is 24.4 Å². The molecule has 0 aliphatic carbocycles. The Morgan fingerprint density at radius 2 is 2.06 bits per heavy atom. The Balaban J connectivity index is 3.93. The predicted octanol–water partition coefficient (Wildman–Crippen LogP) is 3.74. The zero-order chi connectivity index (χ0) is 12.4. The van der Waals surface area contributed by atoms with Gasteiger partial charge in [0, 0.05) is 17.5 Å². The molecule has 0 aromatic heterocycles. The number of thioether (sulfide) groups is 1. The van der Waals surface area contributed by atoms with Crippen molar-refractivity contribution in [1.82, 2.24) is 5.32 Å². The van der Waals surface area contributed by atoms with Crippen LogP contribution in [0.1, 0.15) is 26.7 Å². The fourth-order valence-electron chi connectivity index (χ4n) is 1.20. The minimum absolute atomic E-state index is 0.536. The Morgan fingerprint density at radius 3 is 2.50 bits per heavy atom. The van der Waals surface area contributed by atoms with Crippen molar-refractivity contribution in [2.75, 3.05) is 5.75 Å². The number of nitrogens with one attached hydrogen (secondary N) is 1. The molecule has 3 heteroatoms. The van der Waals surface area contributed by atoms with Crippen molar-refractivity contribution >= 4 is 18.5 Å². The fourth-order valence-corrected chi connectivity index (χ4v) is 1.91. The molecule has 0 aromatic carbocycles. The van der Waals surface area contributed by atoms with Crippen LogP contribution in [0.15, 0.2) is 41.0 Å². The van der Waals surface area contributed by atoms with Crippen LogP contribution in [0.25, 0.3) is 0 Å². The number of aliphatic imine (C=N–C) groups is 1. The van der Waals surface area contributed by atoms with Crippen LogP contribution >= 0.6 is 11.8 Å². The molecule has 16 heavy (non-hydrogen) atoms. The maximum Gasteiger partial charge on any atom is 0.0679 e. The predicted molar refractivity (Wildman–Crippen MR) is 76.9 cm³/mol. The van der Waals surface area contributed by atoms with E-state index in [2.05, 4.69) is 44.0 Å². The van der Waals surface area contributed by atoms with Gasteiger partial charge in [0.15, 0.2) is 0 Å². The number of allylic oxidation sites excluding steroid dienone is 1. The Morgan fingerprint density at radius 1 is 1.44 bits per heavy atom. The summed E-state index contributed by atoms with van der Waals surface area (Å²) in [6.07, 6.45) is 3.95. The summed E-state index contributed by atoms with van der Waals surface area (Å²) in [6, 6.07) is 0.536. The minimum Gasteiger partial charge on any atom is -0.385 e. The van der Waals surface area contributed by atoms with E-state index in [4.69, 9.17) is 0 Å². The number of rotatable bonds is 9.